The van der Waals surface area contributed by atoms with Gasteiger partial charge in [0.1, 0.15) is 0 Å². The predicted octanol–water partition coefficient (Wildman–Crippen LogP) is 11.1. The molecule has 204 valence electrons. The fourth-order valence-electron chi connectivity index (χ4n) is 5.52. The second-order valence-electron chi connectivity index (χ2n) is 11.0. The fourth-order valence-corrected chi connectivity index (χ4v) is 5.52. The third-order valence-corrected chi connectivity index (χ3v) is 7.91. The first-order valence-corrected chi connectivity index (χ1v) is 15.8. The van der Waals surface area contributed by atoms with Crippen molar-refractivity contribution in [2.75, 3.05) is 6.61 Å². The maximum Gasteiger partial charge on any atom is 0.308 e. The van der Waals surface area contributed by atoms with E-state index in [1.807, 2.05) is 6.92 Å². The van der Waals surface area contributed by atoms with Crippen LogP contribution in [-0.4, -0.2) is 12.6 Å². The Labute approximate surface area is 215 Å². The highest BCUT2D eigenvalue weighted by atomic mass is 16.5. The van der Waals surface area contributed by atoms with Gasteiger partial charge in [0.2, 0.25) is 0 Å². The number of carbonyl (C=O) groups is 1. The average Bonchev–Trinajstić information content (AvgIpc) is 2.84. The van der Waals surface area contributed by atoms with Crippen LogP contribution in [-0.2, 0) is 9.53 Å². The second kappa shape index (κ2) is 25.6. The molecule has 0 saturated heterocycles. The van der Waals surface area contributed by atoms with Crippen LogP contribution in [0.3, 0.4) is 0 Å². The zero-order valence-corrected chi connectivity index (χ0v) is 24.3. The predicted molar refractivity (Wildman–Crippen MR) is 151 cm³/mol. The Morgan fingerprint density at radius 3 is 1.38 bits per heavy atom. The summed E-state index contributed by atoms with van der Waals surface area (Å²) in [5.41, 5.74) is 0. The highest BCUT2D eigenvalue weighted by molar-refractivity contribution is 5.72. The molecule has 0 aromatic heterocycles. The van der Waals surface area contributed by atoms with Crippen molar-refractivity contribution in [3.8, 4) is 0 Å². The average molecular weight is 481 g/mol. The molecule has 3 unspecified atom stereocenters. The van der Waals surface area contributed by atoms with Crippen molar-refractivity contribution in [3.63, 3.8) is 0 Å². The van der Waals surface area contributed by atoms with Gasteiger partial charge in [-0.25, -0.2) is 0 Å². The molecule has 2 heteroatoms. The molecule has 0 bridgehead atoms. The van der Waals surface area contributed by atoms with Crippen molar-refractivity contribution in [1.82, 2.24) is 0 Å². The minimum absolute atomic E-state index is 0.0436. The first-order valence-electron chi connectivity index (χ1n) is 15.8. The maximum atomic E-state index is 12.5. The summed E-state index contributed by atoms with van der Waals surface area (Å²) in [6.07, 6.45) is 29.6. The maximum absolute atomic E-state index is 12.5. The van der Waals surface area contributed by atoms with Crippen molar-refractivity contribution in [2.24, 2.45) is 17.8 Å². The van der Waals surface area contributed by atoms with E-state index in [1.54, 1.807) is 0 Å². The highest BCUT2D eigenvalue weighted by Gasteiger charge is 2.24. The van der Waals surface area contributed by atoms with Gasteiger partial charge in [-0.3, -0.25) is 4.79 Å². The molecule has 3 atom stereocenters. The molecule has 2 nitrogen and oxygen atoms in total. The van der Waals surface area contributed by atoms with E-state index in [0.717, 1.165) is 18.8 Å². The monoisotopic (exact) mass is 480 g/mol. The molecular weight excluding hydrogens is 416 g/mol. The van der Waals surface area contributed by atoms with Crippen LogP contribution in [0.25, 0.3) is 0 Å². The molecule has 0 N–H and O–H groups in total. The van der Waals surface area contributed by atoms with Crippen LogP contribution in [0.4, 0.5) is 0 Å². The molecule has 0 aliphatic carbocycles. The van der Waals surface area contributed by atoms with E-state index in [1.165, 1.54) is 128 Å². The van der Waals surface area contributed by atoms with E-state index in [-0.39, 0.29) is 11.9 Å². The van der Waals surface area contributed by atoms with Crippen LogP contribution in [0.2, 0.25) is 0 Å². The number of carbonyl (C=O) groups excluding carboxylic acids is 1. The molecule has 0 aliphatic rings. The Morgan fingerprint density at radius 1 is 0.529 bits per heavy atom. The van der Waals surface area contributed by atoms with Crippen LogP contribution in [0.15, 0.2) is 0 Å². The van der Waals surface area contributed by atoms with Gasteiger partial charge in [-0.15, -0.1) is 0 Å². The second-order valence-corrected chi connectivity index (χ2v) is 11.0. The van der Waals surface area contributed by atoms with E-state index in [2.05, 4.69) is 27.7 Å². The summed E-state index contributed by atoms with van der Waals surface area (Å²) < 4.78 is 5.40. The SMILES string of the molecule is CCCCCCCCCCC(CC)CC(CCCCCCCCCC)CC(CC)C(=O)OCC. The van der Waals surface area contributed by atoms with E-state index in [4.69, 9.17) is 4.74 Å². The topological polar surface area (TPSA) is 26.3 Å². The zero-order chi connectivity index (χ0) is 25.3. The quantitative estimate of drug-likeness (QED) is 0.0908. The van der Waals surface area contributed by atoms with Gasteiger partial charge in [0, 0.05) is 0 Å². The van der Waals surface area contributed by atoms with E-state index >= 15 is 0 Å². The molecule has 0 amide bonds. The van der Waals surface area contributed by atoms with Gasteiger partial charge in [0.05, 0.1) is 12.5 Å². The molecule has 0 aromatic rings. The van der Waals surface area contributed by atoms with Gasteiger partial charge >= 0.3 is 5.97 Å². The first-order chi connectivity index (χ1) is 16.6. The molecule has 0 heterocycles. The van der Waals surface area contributed by atoms with Gasteiger partial charge in [0.25, 0.3) is 0 Å². The molecule has 34 heavy (non-hydrogen) atoms. The molecule has 0 radical (unpaired) electrons. The summed E-state index contributed by atoms with van der Waals surface area (Å²) >= 11 is 0. The van der Waals surface area contributed by atoms with Crippen LogP contribution in [0, 0.1) is 17.8 Å². The van der Waals surface area contributed by atoms with E-state index in [9.17, 15) is 4.79 Å². The first kappa shape index (κ1) is 33.5. The van der Waals surface area contributed by atoms with Crippen LogP contribution in [0.5, 0.6) is 0 Å². The Kier molecular flexibility index (Phi) is 25.2. The molecule has 0 fully saturated rings. The minimum atomic E-state index is 0.0436. The zero-order valence-electron chi connectivity index (χ0n) is 24.3. The number of unbranched alkanes of at least 4 members (excludes halogenated alkanes) is 14. The van der Waals surface area contributed by atoms with Crippen molar-refractivity contribution in [2.45, 2.75) is 176 Å². The lowest BCUT2D eigenvalue weighted by Crippen LogP contribution is -2.22. The van der Waals surface area contributed by atoms with Gasteiger partial charge < -0.3 is 4.74 Å². The van der Waals surface area contributed by atoms with Crippen LogP contribution < -0.4 is 0 Å². The van der Waals surface area contributed by atoms with Gasteiger partial charge in [-0.2, -0.15) is 0 Å². The number of ether oxygens (including phenoxy) is 1. The lowest BCUT2D eigenvalue weighted by molar-refractivity contribution is -0.148. The van der Waals surface area contributed by atoms with Gasteiger partial charge in [-0.05, 0) is 38.0 Å². The van der Waals surface area contributed by atoms with E-state index < -0.39 is 0 Å². The molecule has 0 aliphatic heterocycles. The summed E-state index contributed by atoms with van der Waals surface area (Å²) in [5, 5.41) is 0. The normalized spacial score (nSPS) is 14.1. The van der Waals surface area contributed by atoms with E-state index in [0.29, 0.717) is 12.5 Å². The largest absolute Gasteiger partial charge is 0.466 e. The summed E-state index contributed by atoms with van der Waals surface area (Å²) in [6.45, 7) is 11.6. The van der Waals surface area contributed by atoms with Crippen LogP contribution in [0.1, 0.15) is 176 Å². The lowest BCUT2D eigenvalue weighted by atomic mass is 9.80. The third-order valence-electron chi connectivity index (χ3n) is 7.91. The fraction of sp³-hybridized carbons (Fsp3) is 0.969. The lowest BCUT2D eigenvalue weighted by Gasteiger charge is -2.26. The highest BCUT2D eigenvalue weighted by Crippen LogP contribution is 2.31. The van der Waals surface area contributed by atoms with Gasteiger partial charge in [-0.1, -0.05) is 150 Å². The summed E-state index contributed by atoms with van der Waals surface area (Å²) in [7, 11) is 0. The standard InChI is InChI=1S/C32H64O2/c1-6-11-13-15-17-19-21-23-25-29(8-3)27-30(28-31(9-4)32(33)34-10-5)26-24-22-20-18-16-14-12-7-2/h29-31H,6-28H2,1-5H3. The number of hydrogen-bond donors (Lipinski definition) is 0. The molecule has 0 spiro atoms. The summed E-state index contributed by atoms with van der Waals surface area (Å²) in [4.78, 5) is 12.5. The Morgan fingerprint density at radius 2 is 0.971 bits per heavy atom. The van der Waals surface area contributed by atoms with Crippen LogP contribution >= 0.6 is 0 Å². The molecular formula is C32H64O2. The van der Waals surface area contributed by atoms with Crippen molar-refractivity contribution >= 4 is 5.97 Å². The smallest absolute Gasteiger partial charge is 0.308 e. The van der Waals surface area contributed by atoms with Crippen molar-refractivity contribution in [1.29, 1.82) is 0 Å². The summed E-state index contributed by atoms with van der Waals surface area (Å²) in [6, 6.07) is 0. The van der Waals surface area contributed by atoms with Gasteiger partial charge in [0.15, 0.2) is 0 Å². The van der Waals surface area contributed by atoms with Crippen molar-refractivity contribution in [3.05, 3.63) is 0 Å². The molecule has 0 rings (SSSR count). The number of esters is 1. The minimum Gasteiger partial charge on any atom is -0.466 e. The Hall–Kier alpha value is -0.530. The third kappa shape index (κ3) is 19.7. The number of rotatable bonds is 26. The molecule has 0 aromatic carbocycles. The Balaban J connectivity index is 4.50. The Bertz CT molecular complexity index is 419. The molecule has 0 saturated carbocycles. The number of hydrogen-bond acceptors (Lipinski definition) is 2. The van der Waals surface area contributed by atoms with Crippen molar-refractivity contribution < 1.29 is 9.53 Å². The summed E-state index contributed by atoms with van der Waals surface area (Å²) in [5.74, 6) is 1.66.